The van der Waals surface area contributed by atoms with Crippen molar-refractivity contribution in [3.63, 3.8) is 0 Å². The summed E-state index contributed by atoms with van der Waals surface area (Å²) in [6.45, 7) is -0.829. The molecule has 0 saturated heterocycles. The lowest BCUT2D eigenvalue weighted by Crippen LogP contribution is -2.07. The normalized spacial score (nSPS) is 10.8. The van der Waals surface area contributed by atoms with E-state index in [0.717, 1.165) is 38.2 Å². The van der Waals surface area contributed by atoms with Gasteiger partial charge in [0, 0.05) is 41.7 Å². The van der Waals surface area contributed by atoms with Crippen molar-refractivity contribution in [1.82, 2.24) is 9.97 Å². The van der Waals surface area contributed by atoms with Crippen LogP contribution in [-0.2, 0) is 0 Å². The molecule has 7 heteroatoms. The molecule has 0 fully saturated rings. The summed E-state index contributed by atoms with van der Waals surface area (Å²) < 4.78 is 17.1. The fourth-order valence-electron chi connectivity index (χ4n) is 2.72. The fourth-order valence-corrected chi connectivity index (χ4v) is 4.43. The lowest BCUT2D eigenvalue weighted by molar-refractivity contribution is 0.192. The Kier molecular flexibility index (Phi) is 5.36. The molecule has 0 saturated carbocycles. The summed E-state index contributed by atoms with van der Waals surface area (Å²) in [5.74, 6) is 0.506. The number of benzene rings is 2. The van der Waals surface area contributed by atoms with Crippen LogP contribution in [0.3, 0.4) is 0 Å². The molecule has 0 spiro atoms. The maximum absolute atomic E-state index is 12.2. The highest BCUT2D eigenvalue weighted by atomic mass is 32.1. The van der Waals surface area contributed by atoms with Crippen molar-refractivity contribution in [3.05, 3.63) is 59.3 Å². The van der Waals surface area contributed by atoms with Crippen molar-refractivity contribution >= 4 is 28.4 Å². The van der Waals surface area contributed by atoms with Gasteiger partial charge in [0.25, 0.3) is 0 Å². The van der Waals surface area contributed by atoms with Gasteiger partial charge in [0.15, 0.2) is 10.0 Å². The number of aromatic nitrogens is 2. The lowest BCUT2D eigenvalue weighted by Gasteiger charge is -2.12. The molecule has 4 nitrogen and oxygen atoms in total. The second-order valence-corrected chi connectivity index (χ2v) is 8.01. The van der Waals surface area contributed by atoms with Crippen LogP contribution in [0, 0.1) is 0 Å². The zero-order valence-electron chi connectivity index (χ0n) is 15.4. The van der Waals surface area contributed by atoms with Crippen molar-refractivity contribution in [2.45, 2.75) is 0 Å². The molecular formula is C21H18FN3OS2. The largest absolute Gasteiger partial charge is 0.463 e. The molecule has 0 aliphatic carbocycles. The predicted molar refractivity (Wildman–Crippen MR) is 115 cm³/mol. The third-order valence-corrected chi connectivity index (χ3v) is 6.07. The summed E-state index contributed by atoms with van der Waals surface area (Å²) >= 11 is 3.16. The molecule has 0 amide bonds. The van der Waals surface area contributed by atoms with E-state index in [2.05, 4.69) is 34.5 Å². The molecule has 142 valence electrons. The highest BCUT2D eigenvalue weighted by Gasteiger charge is 2.12. The van der Waals surface area contributed by atoms with E-state index < -0.39 is 6.86 Å². The smallest absolute Gasteiger partial charge is 0.228 e. The third kappa shape index (κ3) is 3.90. The molecular weight excluding hydrogens is 393 g/mol. The number of halogens is 1. The van der Waals surface area contributed by atoms with E-state index in [4.69, 9.17) is 14.7 Å². The average molecular weight is 412 g/mol. The summed E-state index contributed by atoms with van der Waals surface area (Å²) in [6, 6.07) is 15.6. The molecule has 28 heavy (non-hydrogen) atoms. The quantitative estimate of drug-likeness (QED) is 0.392. The van der Waals surface area contributed by atoms with Gasteiger partial charge in [-0.25, -0.2) is 14.4 Å². The number of hydrogen-bond donors (Lipinski definition) is 0. The van der Waals surface area contributed by atoms with E-state index in [0.29, 0.717) is 5.75 Å². The van der Waals surface area contributed by atoms with Crippen LogP contribution >= 0.6 is 22.7 Å². The Morgan fingerprint density at radius 2 is 1.32 bits per heavy atom. The molecule has 2 heterocycles. The molecule has 2 aromatic carbocycles. The molecule has 0 unspecified atom stereocenters. The number of nitrogens with zero attached hydrogens (tertiary/aromatic N) is 3. The van der Waals surface area contributed by atoms with Crippen LogP contribution in [0.25, 0.3) is 32.5 Å². The van der Waals surface area contributed by atoms with Gasteiger partial charge >= 0.3 is 0 Å². The summed E-state index contributed by atoms with van der Waals surface area (Å²) in [6.07, 6.45) is 0. The Morgan fingerprint density at radius 3 is 1.79 bits per heavy atom. The highest BCUT2D eigenvalue weighted by molar-refractivity contribution is 7.20. The van der Waals surface area contributed by atoms with Gasteiger partial charge in [-0.05, 0) is 36.4 Å². The van der Waals surface area contributed by atoms with E-state index >= 15 is 0 Å². The summed E-state index contributed by atoms with van der Waals surface area (Å²) in [7, 11) is 4.05. The number of anilines is 1. The molecule has 0 atom stereocenters. The van der Waals surface area contributed by atoms with Gasteiger partial charge in [0.2, 0.25) is 6.86 Å². The van der Waals surface area contributed by atoms with Crippen molar-refractivity contribution < 1.29 is 9.13 Å². The number of rotatable bonds is 6. The van der Waals surface area contributed by atoms with Gasteiger partial charge in [0.05, 0.1) is 11.4 Å². The van der Waals surface area contributed by atoms with Gasteiger partial charge in [-0.2, -0.15) is 0 Å². The van der Waals surface area contributed by atoms with Crippen LogP contribution in [0.1, 0.15) is 0 Å². The summed E-state index contributed by atoms with van der Waals surface area (Å²) in [5.41, 5.74) is 5.04. The molecule has 0 N–H and O–H groups in total. The van der Waals surface area contributed by atoms with Gasteiger partial charge in [-0.1, -0.05) is 12.1 Å². The standard InChI is InChI=1S/C21H18FN3OS2/c1-25(2)16-7-3-14(4-8-16)18-11-27-20(23-18)21-24-19(12-28-21)15-5-9-17(10-6-15)26-13-22/h3-12H,13H2,1-2H3. The van der Waals surface area contributed by atoms with E-state index in [1.165, 1.54) is 0 Å². The van der Waals surface area contributed by atoms with Gasteiger partial charge in [-0.3, -0.25) is 0 Å². The summed E-state index contributed by atoms with van der Waals surface area (Å²) in [5, 5.41) is 5.86. The van der Waals surface area contributed by atoms with Gasteiger partial charge in [-0.15, -0.1) is 22.7 Å². The molecule has 0 bridgehead atoms. The van der Waals surface area contributed by atoms with Crippen molar-refractivity contribution in [2.75, 3.05) is 25.9 Å². The Balaban J connectivity index is 1.54. The highest BCUT2D eigenvalue weighted by Crippen LogP contribution is 2.34. The van der Waals surface area contributed by atoms with Crippen molar-refractivity contribution in [1.29, 1.82) is 0 Å². The molecule has 0 radical (unpaired) electrons. The van der Waals surface area contributed by atoms with Crippen LogP contribution in [0.5, 0.6) is 5.75 Å². The van der Waals surface area contributed by atoms with Gasteiger partial charge in [0.1, 0.15) is 5.75 Å². The monoisotopic (exact) mass is 411 g/mol. The number of thiazole rings is 2. The SMILES string of the molecule is CN(C)c1ccc(-c2csc(-c3nc(-c4ccc(OCF)cc4)cs3)n2)cc1. The maximum Gasteiger partial charge on any atom is 0.228 e. The van der Waals surface area contributed by atoms with Gasteiger partial charge < -0.3 is 9.64 Å². The van der Waals surface area contributed by atoms with E-state index in [1.807, 2.05) is 31.6 Å². The average Bonchev–Trinajstić information content (AvgIpc) is 3.39. The second kappa shape index (κ2) is 8.08. The Hall–Kier alpha value is -2.77. The van der Waals surface area contributed by atoms with E-state index in [-0.39, 0.29) is 0 Å². The summed E-state index contributed by atoms with van der Waals surface area (Å²) in [4.78, 5) is 11.6. The Morgan fingerprint density at radius 1 is 0.821 bits per heavy atom. The third-order valence-electron chi connectivity index (χ3n) is 4.24. The molecule has 0 aliphatic heterocycles. The Labute approximate surface area is 170 Å². The Bertz CT molecular complexity index is 1060. The fraction of sp³-hybridized carbons (Fsp3) is 0.143. The first kappa shape index (κ1) is 18.6. The van der Waals surface area contributed by atoms with Crippen molar-refractivity contribution in [3.8, 4) is 38.3 Å². The molecule has 4 aromatic rings. The minimum Gasteiger partial charge on any atom is -0.463 e. The molecule has 2 aromatic heterocycles. The van der Waals surface area contributed by atoms with Crippen LogP contribution in [0.4, 0.5) is 10.1 Å². The maximum atomic E-state index is 12.2. The zero-order chi connectivity index (χ0) is 19.5. The zero-order valence-corrected chi connectivity index (χ0v) is 17.1. The van der Waals surface area contributed by atoms with E-state index in [9.17, 15) is 4.39 Å². The molecule has 0 aliphatic rings. The van der Waals surface area contributed by atoms with Crippen LogP contribution in [0.15, 0.2) is 59.3 Å². The van der Waals surface area contributed by atoms with Crippen LogP contribution in [-0.4, -0.2) is 30.9 Å². The first-order valence-corrected chi connectivity index (χ1v) is 10.4. The molecule has 4 rings (SSSR count). The minimum atomic E-state index is -0.829. The van der Waals surface area contributed by atoms with E-state index in [1.54, 1.807) is 34.8 Å². The topological polar surface area (TPSA) is 38.2 Å². The second-order valence-electron chi connectivity index (χ2n) is 6.29. The van der Waals surface area contributed by atoms with Crippen molar-refractivity contribution in [2.24, 2.45) is 0 Å². The predicted octanol–water partition coefficient (Wildman–Crippen LogP) is 5.97. The number of alkyl halides is 1. The first-order valence-electron chi connectivity index (χ1n) is 8.62. The lowest BCUT2D eigenvalue weighted by atomic mass is 10.1. The van der Waals surface area contributed by atoms with Crippen LogP contribution in [0.2, 0.25) is 0 Å². The van der Waals surface area contributed by atoms with Crippen LogP contribution < -0.4 is 9.64 Å². The number of ether oxygens (including phenoxy) is 1. The minimum absolute atomic E-state index is 0.506. The number of hydrogen-bond acceptors (Lipinski definition) is 6. The first-order chi connectivity index (χ1) is 13.6.